The van der Waals surface area contributed by atoms with Crippen molar-refractivity contribution in [3.8, 4) is 0 Å². The molecule has 0 radical (unpaired) electrons. The summed E-state index contributed by atoms with van der Waals surface area (Å²) in [6.07, 6.45) is 0. The number of nitrogens with one attached hydrogen (secondary N) is 2. The quantitative estimate of drug-likeness (QED) is 0.801. The van der Waals surface area contributed by atoms with Crippen LogP contribution in [0.1, 0.15) is 21.9 Å². The van der Waals surface area contributed by atoms with Crippen LogP contribution in [0.5, 0.6) is 0 Å². The van der Waals surface area contributed by atoms with Gasteiger partial charge < -0.3 is 14.7 Å². The lowest BCUT2D eigenvalue weighted by Gasteiger charge is -2.17. The topological polar surface area (TPSA) is 105 Å². The average molecular weight is 372 g/mol. The van der Waals surface area contributed by atoms with Gasteiger partial charge in [-0.3, -0.25) is 0 Å². The van der Waals surface area contributed by atoms with E-state index in [2.05, 4.69) is 15.2 Å². The number of rotatable bonds is 6. The molecule has 0 aliphatic heterocycles. The van der Waals surface area contributed by atoms with Gasteiger partial charge >= 0.3 is 6.03 Å². The van der Waals surface area contributed by atoms with E-state index in [9.17, 15) is 13.2 Å². The maximum atomic E-state index is 12.2. The fraction of sp³-hybridized carbons (Fsp3) is 0.429. The van der Waals surface area contributed by atoms with Crippen molar-refractivity contribution >= 4 is 27.4 Å². The Morgan fingerprint density at radius 3 is 2.67 bits per heavy atom. The molecule has 24 heavy (non-hydrogen) atoms. The average Bonchev–Trinajstić information content (AvgIpc) is 3.15. The molecule has 0 bridgehead atoms. The van der Waals surface area contributed by atoms with Crippen molar-refractivity contribution in [2.75, 3.05) is 14.1 Å². The minimum atomic E-state index is -3.45. The van der Waals surface area contributed by atoms with Crippen molar-refractivity contribution in [1.82, 2.24) is 20.1 Å². The standard InChI is InChI=1S/C14H20N4O4S2/c1-9-12(10(2)22-17-9)8-18(4)14(19)16-7-11-5-6-13(23-11)24(20,21)15-3/h5-6,15H,7-8H2,1-4H3,(H,16,19). The van der Waals surface area contributed by atoms with E-state index in [4.69, 9.17) is 4.52 Å². The monoisotopic (exact) mass is 372 g/mol. The van der Waals surface area contributed by atoms with Gasteiger partial charge in [-0.05, 0) is 33.0 Å². The highest BCUT2D eigenvalue weighted by atomic mass is 32.2. The van der Waals surface area contributed by atoms with Crippen LogP contribution in [0.3, 0.4) is 0 Å². The molecule has 2 heterocycles. The number of aromatic nitrogens is 1. The molecule has 2 rings (SSSR count). The number of sulfonamides is 1. The summed E-state index contributed by atoms with van der Waals surface area (Å²) in [6.45, 7) is 4.27. The second kappa shape index (κ2) is 7.32. The molecule has 0 aliphatic carbocycles. The van der Waals surface area contributed by atoms with Gasteiger partial charge in [0.2, 0.25) is 10.0 Å². The van der Waals surface area contributed by atoms with Crippen LogP contribution >= 0.6 is 11.3 Å². The van der Waals surface area contributed by atoms with Crippen LogP contribution in [0.4, 0.5) is 4.79 Å². The van der Waals surface area contributed by atoms with E-state index in [0.29, 0.717) is 12.3 Å². The van der Waals surface area contributed by atoms with Crippen LogP contribution in [0.2, 0.25) is 0 Å². The third kappa shape index (κ3) is 4.13. The fourth-order valence-corrected chi connectivity index (χ4v) is 4.17. The number of hydrogen-bond donors (Lipinski definition) is 2. The predicted molar refractivity (Wildman–Crippen MR) is 90.2 cm³/mol. The summed E-state index contributed by atoms with van der Waals surface area (Å²) in [5.41, 5.74) is 1.64. The molecule has 2 aromatic rings. The Bertz CT molecular complexity index is 806. The van der Waals surface area contributed by atoms with Crippen molar-refractivity contribution in [2.24, 2.45) is 0 Å². The van der Waals surface area contributed by atoms with Gasteiger partial charge in [0, 0.05) is 17.5 Å². The van der Waals surface area contributed by atoms with Crippen LogP contribution < -0.4 is 10.0 Å². The zero-order chi connectivity index (χ0) is 17.9. The molecule has 0 aromatic carbocycles. The maximum absolute atomic E-state index is 12.2. The zero-order valence-corrected chi connectivity index (χ0v) is 15.5. The molecule has 132 valence electrons. The lowest BCUT2D eigenvalue weighted by atomic mass is 10.2. The molecule has 2 N–H and O–H groups in total. The van der Waals surface area contributed by atoms with Gasteiger partial charge in [0.05, 0.1) is 18.8 Å². The van der Waals surface area contributed by atoms with Crippen molar-refractivity contribution in [2.45, 2.75) is 31.1 Å². The largest absolute Gasteiger partial charge is 0.361 e. The Morgan fingerprint density at radius 1 is 1.38 bits per heavy atom. The lowest BCUT2D eigenvalue weighted by molar-refractivity contribution is 0.206. The second-order valence-corrected chi connectivity index (χ2v) is 8.53. The van der Waals surface area contributed by atoms with E-state index in [1.54, 1.807) is 20.0 Å². The highest BCUT2D eigenvalue weighted by Crippen LogP contribution is 2.21. The molecule has 0 saturated heterocycles. The summed E-state index contributed by atoms with van der Waals surface area (Å²) in [6, 6.07) is 2.94. The Morgan fingerprint density at radius 2 is 2.08 bits per heavy atom. The highest BCUT2D eigenvalue weighted by molar-refractivity contribution is 7.91. The van der Waals surface area contributed by atoms with Gasteiger partial charge in [-0.1, -0.05) is 5.16 Å². The van der Waals surface area contributed by atoms with E-state index < -0.39 is 10.0 Å². The first-order chi connectivity index (χ1) is 11.2. The normalized spacial score (nSPS) is 11.5. The Hall–Kier alpha value is -1.91. The molecular formula is C14H20N4O4S2. The van der Waals surface area contributed by atoms with Gasteiger partial charge in [-0.25, -0.2) is 17.9 Å². The van der Waals surface area contributed by atoms with Crippen LogP contribution in [0, 0.1) is 13.8 Å². The molecule has 2 amide bonds. The summed E-state index contributed by atoms with van der Waals surface area (Å²) in [5, 5.41) is 6.63. The number of urea groups is 1. The molecule has 8 nitrogen and oxygen atoms in total. The number of carbonyl (C=O) groups excluding carboxylic acids is 1. The third-order valence-corrected chi connectivity index (χ3v) is 6.50. The van der Waals surface area contributed by atoms with Crippen molar-refractivity contribution in [3.05, 3.63) is 34.0 Å². The number of aryl methyl sites for hydroxylation is 2. The fourth-order valence-electron chi connectivity index (χ4n) is 2.03. The van der Waals surface area contributed by atoms with Crippen LogP contribution in [-0.2, 0) is 23.1 Å². The molecule has 10 heteroatoms. The van der Waals surface area contributed by atoms with Gasteiger partial charge in [0.25, 0.3) is 0 Å². The SMILES string of the molecule is CNS(=O)(=O)c1ccc(CNC(=O)N(C)Cc2c(C)noc2C)s1. The van der Waals surface area contributed by atoms with Crippen LogP contribution in [0.15, 0.2) is 20.9 Å². The summed E-state index contributed by atoms with van der Waals surface area (Å²) in [7, 11) is -0.414. The summed E-state index contributed by atoms with van der Waals surface area (Å²) in [4.78, 5) is 14.4. The molecular weight excluding hydrogens is 352 g/mol. The maximum Gasteiger partial charge on any atom is 0.317 e. The first-order valence-corrected chi connectivity index (χ1v) is 9.47. The lowest BCUT2D eigenvalue weighted by Crippen LogP contribution is -2.36. The summed E-state index contributed by atoms with van der Waals surface area (Å²) >= 11 is 1.12. The molecule has 0 atom stereocenters. The van der Waals surface area contributed by atoms with Gasteiger partial charge in [0.15, 0.2) is 0 Å². The number of nitrogens with zero attached hydrogens (tertiary/aromatic N) is 2. The second-order valence-electron chi connectivity index (χ2n) is 5.25. The first kappa shape index (κ1) is 18.4. The Labute approximate surface area is 144 Å². The van der Waals surface area contributed by atoms with Crippen molar-refractivity contribution in [1.29, 1.82) is 0 Å². The number of carbonyl (C=O) groups is 1. The van der Waals surface area contributed by atoms with Crippen LogP contribution in [0.25, 0.3) is 0 Å². The van der Waals surface area contributed by atoms with Gasteiger partial charge in [0.1, 0.15) is 9.97 Å². The van der Waals surface area contributed by atoms with Gasteiger partial charge in [-0.15, -0.1) is 11.3 Å². The number of hydrogen-bond acceptors (Lipinski definition) is 6. The number of thiophene rings is 1. The van der Waals surface area contributed by atoms with Crippen LogP contribution in [-0.4, -0.2) is 38.6 Å². The van der Waals surface area contributed by atoms with E-state index in [1.165, 1.54) is 18.0 Å². The third-order valence-electron chi connectivity index (χ3n) is 3.51. The van der Waals surface area contributed by atoms with E-state index in [1.807, 2.05) is 6.92 Å². The predicted octanol–water partition coefficient (Wildman–Crippen LogP) is 1.60. The Balaban J connectivity index is 1.93. The minimum Gasteiger partial charge on any atom is -0.361 e. The molecule has 2 aromatic heterocycles. The summed E-state index contributed by atoms with van der Waals surface area (Å²) in [5.74, 6) is 0.687. The van der Waals surface area contributed by atoms with E-state index in [-0.39, 0.29) is 16.8 Å². The molecule has 0 fully saturated rings. The highest BCUT2D eigenvalue weighted by Gasteiger charge is 2.17. The van der Waals surface area contributed by atoms with Gasteiger partial charge in [-0.2, -0.15) is 0 Å². The zero-order valence-electron chi connectivity index (χ0n) is 13.9. The van der Waals surface area contributed by atoms with Crippen molar-refractivity contribution < 1.29 is 17.7 Å². The number of amides is 2. The van der Waals surface area contributed by atoms with E-state index in [0.717, 1.165) is 27.5 Å². The molecule has 0 spiro atoms. The molecule has 0 unspecified atom stereocenters. The molecule has 0 aliphatic rings. The molecule has 0 saturated carbocycles. The smallest absolute Gasteiger partial charge is 0.317 e. The Kier molecular flexibility index (Phi) is 5.62. The van der Waals surface area contributed by atoms with E-state index >= 15 is 0 Å². The minimum absolute atomic E-state index is 0.221. The first-order valence-electron chi connectivity index (χ1n) is 7.17. The summed E-state index contributed by atoms with van der Waals surface area (Å²) < 4.78 is 30.9. The van der Waals surface area contributed by atoms with Crippen molar-refractivity contribution in [3.63, 3.8) is 0 Å².